The van der Waals surface area contributed by atoms with Gasteiger partial charge in [0.1, 0.15) is 5.82 Å². The highest BCUT2D eigenvalue weighted by molar-refractivity contribution is 5.84. The first-order valence-electron chi connectivity index (χ1n) is 5.15. The number of nitrogens with zero attached hydrogens (tertiary/aromatic N) is 2. The Morgan fingerprint density at radius 3 is 2.61 bits per heavy atom. The lowest BCUT2D eigenvalue weighted by molar-refractivity contribution is -0.131. The number of halogens is 1. The lowest BCUT2D eigenvalue weighted by atomic mass is 10.2. The van der Waals surface area contributed by atoms with Crippen molar-refractivity contribution in [2.24, 2.45) is 0 Å². The van der Waals surface area contributed by atoms with E-state index in [2.05, 4.69) is 9.97 Å². The molecule has 0 radical (unpaired) electrons. The Balaban J connectivity index is 2.32. The highest BCUT2D eigenvalue weighted by Gasteiger charge is 2.01. The predicted molar refractivity (Wildman–Crippen MR) is 64.1 cm³/mol. The molecule has 1 heterocycles. The molecule has 0 aliphatic carbocycles. The molecule has 0 fully saturated rings. The minimum atomic E-state index is -1.04. The highest BCUT2D eigenvalue weighted by Crippen LogP contribution is 2.15. The van der Waals surface area contributed by atoms with Gasteiger partial charge in [-0.2, -0.15) is 0 Å². The van der Waals surface area contributed by atoms with Gasteiger partial charge < -0.3 is 5.11 Å². The standard InChI is InChI=1S/C13H9FN2O2/c14-10-3-1-9(2-4-10)13-15-8-7-11(16-13)5-6-12(17)18/h1-8H,(H,17,18)/b6-5+. The summed E-state index contributed by atoms with van der Waals surface area (Å²) in [6.45, 7) is 0. The molecule has 0 atom stereocenters. The number of aromatic nitrogens is 2. The van der Waals surface area contributed by atoms with E-state index in [1.807, 2.05) is 0 Å². The Hall–Kier alpha value is -2.56. The molecule has 0 unspecified atom stereocenters. The maximum atomic E-state index is 12.8. The van der Waals surface area contributed by atoms with E-state index in [1.165, 1.54) is 24.4 Å². The van der Waals surface area contributed by atoms with Crippen molar-refractivity contribution >= 4 is 12.0 Å². The number of carbonyl (C=O) groups is 1. The van der Waals surface area contributed by atoms with E-state index >= 15 is 0 Å². The fourth-order valence-corrected chi connectivity index (χ4v) is 1.36. The summed E-state index contributed by atoms with van der Waals surface area (Å²) in [6, 6.07) is 7.36. The molecular weight excluding hydrogens is 235 g/mol. The van der Waals surface area contributed by atoms with Crippen molar-refractivity contribution in [2.45, 2.75) is 0 Å². The fourth-order valence-electron chi connectivity index (χ4n) is 1.36. The van der Waals surface area contributed by atoms with Gasteiger partial charge in [-0.25, -0.2) is 19.2 Å². The number of aliphatic carboxylic acids is 1. The van der Waals surface area contributed by atoms with Crippen molar-refractivity contribution in [3.8, 4) is 11.4 Å². The summed E-state index contributed by atoms with van der Waals surface area (Å²) in [7, 11) is 0. The van der Waals surface area contributed by atoms with Crippen LogP contribution in [0.15, 0.2) is 42.6 Å². The molecule has 2 rings (SSSR count). The average molecular weight is 244 g/mol. The molecule has 0 aliphatic rings. The third-order valence-corrected chi connectivity index (χ3v) is 2.18. The van der Waals surface area contributed by atoms with Crippen LogP contribution < -0.4 is 0 Å². The quantitative estimate of drug-likeness (QED) is 0.842. The van der Waals surface area contributed by atoms with Crippen LogP contribution in [0, 0.1) is 5.82 Å². The van der Waals surface area contributed by atoms with E-state index in [1.54, 1.807) is 18.2 Å². The molecule has 0 saturated heterocycles. The molecule has 18 heavy (non-hydrogen) atoms. The smallest absolute Gasteiger partial charge is 0.328 e. The van der Waals surface area contributed by atoms with Gasteiger partial charge in [-0.1, -0.05) is 0 Å². The van der Waals surface area contributed by atoms with Gasteiger partial charge >= 0.3 is 5.97 Å². The van der Waals surface area contributed by atoms with E-state index in [0.29, 0.717) is 17.1 Å². The number of hydrogen-bond acceptors (Lipinski definition) is 3. The number of carboxylic acid groups (broad SMARTS) is 1. The summed E-state index contributed by atoms with van der Waals surface area (Å²) in [4.78, 5) is 18.6. The first kappa shape index (κ1) is 11.9. The molecule has 1 aromatic heterocycles. The molecule has 5 heteroatoms. The zero-order valence-corrected chi connectivity index (χ0v) is 9.25. The van der Waals surface area contributed by atoms with Crippen LogP contribution in [0.5, 0.6) is 0 Å². The molecule has 4 nitrogen and oxygen atoms in total. The number of rotatable bonds is 3. The largest absolute Gasteiger partial charge is 0.478 e. The maximum Gasteiger partial charge on any atom is 0.328 e. The van der Waals surface area contributed by atoms with Crippen LogP contribution in [0.2, 0.25) is 0 Å². The molecule has 1 aromatic carbocycles. The van der Waals surface area contributed by atoms with Crippen LogP contribution in [0.25, 0.3) is 17.5 Å². The van der Waals surface area contributed by atoms with Crippen molar-refractivity contribution in [3.05, 3.63) is 54.1 Å². The molecule has 2 aromatic rings. The van der Waals surface area contributed by atoms with Crippen LogP contribution in [0.4, 0.5) is 4.39 Å². The average Bonchev–Trinajstić information content (AvgIpc) is 2.37. The molecule has 1 N–H and O–H groups in total. The monoisotopic (exact) mass is 244 g/mol. The maximum absolute atomic E-state index is 12.8. The molecule has 0 saturated carbocycles. The van der Waals surface area contributed by atoms with Crippen molar-refractivity contribution < 1.29 is 14.3 Å². The third kappa shape index (κ3) is 2.98. The minimum Gasteiger partial charge on any atom is -0.478 e. The lowest BCUT2D eigenvalue weighted by Gasteiger charge is -2.00. The third-order valence-electron chi connectivity index (χ3n) is 2.18. The second-order valence-electron chi connectivity index (χ2n) is 3.48. The first-order chi connectivity index (χ1) is 8.65. The Morgan fingerprint density at radius 2 is 1.94 bits per heavy atom. The number of hydrogen-bond donors (Lipinski definition) is 1. The Bertz CT molecular complexity index is 594. The summed E-state index contributed by atoms with van der Waals surface area (Å²) in [5.74, 6) is -0.958. The van der Waals surface area contributed by atoms with Gasteiger partial charge in [0.25, 0.3) is 0 Å². The summed E-state index contributed by atoms with van der Waals surface area (Å²) in [5.41, 5.74) is 1.15. The van der Waals surface area contributed by atoms with Crippen LogP contribution in [0.1, 0.15) is 5.69 Å². The second-order valence-corrected chi connectivity index (χ2v) is 3.48. The first-order valence-corrected chi connectivity index (χ1v) is 5.15. The molecular formula is C13H9FN2O2. The highest BCUT2D eigenvalue weighted by atomic mass is 19.1. The summed E-state index contributed by atoms with van der Waals surface area (Å²) < 4.78 is 12.8. The SMILES string of the molecule is O=C(O)/C=C/c1ccnc(-c2ccc(F)cc2)n1. The van der Waals surface area contributed by atoms with Gasteiger partial charge in [0.2, 0.25) is 0 Å². The van der Waals surface area contributed by atoms with Gasteiger partial charge in [0.15, 0.2) is 5.82 Å². The van der Waals surface area contributed by atoms with Gasteiger partial charge in [-0.05, 0) is 36.4 Å². The molecule has 0 aliphatic heterocycles. The Morgan fingerprint density at radius 1 is 1.22 bits per heavy atom. The van der Waals surface area contributed by atoms with Gasteiger partial charge in [0, 0.05) is 17.8 Å². The number of carboxylic acids is 1. The molecule has 90 valence electrons. The van der Waals surface area contributed by atoms with Crippen molar-refractivity contribution in [2.75, 3.05) is 0 Å². The normalized spacial score (nSPS) is 10.7. The van der Waals surface area contributed by atoms with Crippen molar-refractivity contribution in [3.63, 3.8) is 0 Å². The summed E-state index contributed by atoms with van der Waals surface area (Å²) in [6.07, 6.45) is 3.89. The molecule has 0 bridgehead atoms. The predicted octanol–water partition coefficient (Wildman–Crippen LogP) is 2.38. The van der Waals surface area contributed by atoms with Crippen LogP contribution >= 0.6 is 0 Å². The Kier molecular flexibility index (Phi) is 3.43. The fraction of sp³-hybridized carbons (Fsp3) is 0. The van der Waals surface area contributed by atoms with E-state index < -0.39 is 5.97 Å². The topological polar surface area (TPSA) is 63.1 Å². The summed E-state index contributed by atoms with van der Waals surface area (Å²) in [5, 5.41) is 8.52. The van der Waals surface area contributed by atoms with E-state index in [4.69, 9.17) is 5.11 Å². The minimum absolute atomic E-state index is 0.333. The Labute approximate surface area is 102 Å². The van der Waals surface area contributed by atoms with Crippen LogP contribution in [-0.4, -0.2) is 21.0 Å². The molecule has 0 spiro atoms. The van der Waals surface area contributed by atoms with E-state index in [-0.39, 0.29) is 5.82 Å². The van der Waals surface area contributed by atoms with Crippen LogP contribution in [0.3, 0.4) is 0 Å². The second kappa shape index (κ2) is 5.18. The zero-order chi connectivity index (χ0) is 13.0. The van der Waals surface area contributed by atoms with Crippen molar-refractivity contribution in [1.82, 2.24) is 9.97 Å². The zero-order valence-electron chi connectivity index (χ0n) is 9.25. The lowest BCUT2D eigenvalue weighted by Crippen LogP contribution is -1.92. The summed E-state index contributed by atoms with van der Waals surface area (Å²) >= 11 is 0. The van der Waals surface area contributed by atoms with Gasteiger partial charge in [-0.3, -0.25) is 0 Å². The van der Waals surface area contributed by atoms with Gasteiger partial charge in [-0.15, -0.1) is 0 Å². The van der Waals surface area contributed by atoms with Crippen molar-refractivity contribution in [1.29, 1.82) is 0 Å². The molecule has 0 amide bonds. The van der Waals surface area contributed by atoms with Crippen LogP contribution in [-0.2, 0) is 4.79 Å². The van der Waals surface area contributed by atoms with E-state index in [9.17, 15) is 9.18 Å². The van der Waals surface area contributed by atoms with Gasteiger partial charge in [0.05, 0.1) is 5.69 Å². The van der Waals surface area contributed by atoms with E-state index in [0.717, 1.165) is 6.08 Å². The number of benzene rings is 1.